The molecule has 0 aliphatic carbocycles. The molecule has 6 heteroatoms. The first-order chi connectivity index (χ1) is 9.99. The average Bonchev–Trinajstić information content (AvgIpc) is 2.49. The van der Waals surface area contributed by atoms with E-state index in [-0.39, 0.29) is 5.56 Å². The number of carboxylic acid groups (broad SMARTS) is 1. The minimum absolute atomic E-state index is 0.0704. The van der Waals surface area contributed by atoms with Gasteiger partial charge in [-0.1, -0.05) is 30.3 Å². The first-order valence-corrected chi connectivity index (χ1v) is 6.92. The zero-order valence-corrected chi connectivity index (χ0v) is 12.5. The summed E-state index contributed by atoms with van der Waals surface area (Å²) in [6.45, 7) is 0. The zero-order chi connectivity index (χ0) is 15.4. The van der Waals surface area contributed by atoms with Gasteiger partial charge in [-0.2, -0.15) is 0 Å². The van der Waals surface area contributed by atoms with Crippen LogP contribution in [0.1, 0.15) is 22.0 Å². The van der Waals surface area contributed by atoms with Crippen molar-refractivity contribution in [3.05, 3.63) is 64.1 Å². The summed E-state index contributed by atoms with van der Waals surface area (Å²) in [6, 6.07) is 12.7. The van der Waals surface area contributed by atoms with Gasteiger partial charge < -0.3 is 16.2 Å². The van der Waals surface area contributed by atoms with Gasteiger partial charge in [0.05, 0.1) is 5.56 Å². The van der Waals surface area contributed by atoms with Gasteiger partial charge in [-0.15, -0.1) is 0 Å². The molecule has 0 fully saturated rings. The standard InChI is InChI=1S/C15H13BrN2O3/c16-12-7-6-10(8-11(12)15(20)21)18-14(19)13(17)9-4-2-1-3-5-9/h1-8,13H,17H2,(H,18,19)(H,20,21). The number of benzene rings is 2. The van der Waals surface area contributed by atoms with Crippen LogP contribution in [0, 0.1) is 0 Å². The van der Waals surface area contributed by atoms with Crippen molar-refractivity contribution in [1.82, 2.24) is 0 Å². The molecule has 0 aliphatic rings. The highest BCUT2D eigenvalue weighted by molar-refractivity contribution is 9.10. The lowest BCUT2D eigenvalue weighted by molar-refractivity contribution is -0.117. The van der Waals surface area contributed by atoms with Crippen molar-refractivity contribution < 1.29 is 14.7 Å². The third-order valence-corrected chi connectivity index (χ3v) is 3.60. The summed E-state index contributed by atoms with van der Waals surface area (Å²) >= 11 is 3.14. The molecule has 4 N–H and O–H groups in total. The number of anilines is 1. The quantitative estimate of drug-likeness (QED) is 0.791. The molecule has 2 rings (SSSR count). The molecule has 1 unspecified atom stereocenters. The topological polar surface area (TPSA) is 92.4 Å². The van der Waals surface area contributed by atoms with Gasteiger partial charge in [-0.05, 0) is 39.7 Å². The Hall–Kier alpha value is -2.18. The third kappa shape index (κ3) is 3.68. The molecule has 0 saturated heterocycles. The van der Waals surface area contributed by atoms with Crippen molar-refractivity contribution in [2.24, 2.45) is 5.73 Å². The zero-order valence-electron chi connectivity index (χ0n) is 10.9. The molecule has 108 valence electrons. The minimum atomic E-state index is -1.08. The first-order valence-electron chi connectivity index (χ1n) is 6.13. The number of carboxylic acids is 1. The summed E-state index contributed by atoms with van der Waals surface area (Å²) in [5.74, 6) is -1.48. The van der Waals surface area contributed by atoms with E-state index >= 15 is 0 Å². The van der Waals surface area contributed by atoms with E-state index in [1.807, 2.05) is 6.07 Å². The number of hydrogen-bond acceptors (Lipinski definition) is 3. The van der Waals surface area contributed by atoms with E-state index in [9.17, 15) is 9.59 Å². The molecular formula is C15H13BrN2O3. The fourth-order valence-electron chi connectivity index (χ4n) is 1.80. The van der Waals surface area contributed by atoms with Crippen molar-refractivity contribution in [3.8, 4) is 0 Å². The van der Waals surface area contributed by atoms with E-state index in [0.29, 0.717) is 15.7 Å². The predicted molar refractivity (Wildman–Crippen MR) is 83.1 cm³/mol. The predicted octanol–water partition coefficient (Wildman–Crippen LogP) is 2.79. The number of nitrogens with one attached hydrogen (secondary N) is 1. The second-order valence-electron chi connectivity index (χ2n) is 4.38. The average molecular weight is 349 g/mol. The second kappa shape index (κ2) is 6.51. The Bertz CT molecular complexity index is 674. The Morgan fingerprint density at radius 2 is 1.81 bits per heavy atom. The lowest BCUT2D eigenvalue weighted by atomic mass is 10.1. The number of nitrogens with two attached hydrogens (primary N) is 1. The summed E-state index contributed by atoms with van der Waals surface area (Å²) in [5.41, 5.74) is 7.01. The monoisotopic (exact) mass is 348 g/mol. The largest absolute Gasteiger partial charge is 0.478 e. The number of carbonyl (C=O) groups is 2. The summed E-state index contributed by atoms with van der Waals surface area (Å²) in [4.78, 5) is 23.1. The molecule has 0 radical (unpaired) electrons. The van der Waals surface area contributed by atoms with Crippen LogP contribution in [0.25, 0.3) is 0 Å². The van der Waals surface area contributed by atoms with E-state index in [2.05, 4.69) is 21.2 Å². The van der Waals surface area contributed by atoms with E-state index in [1.54, 1.807) is 36.4 Å². The van der Waals surface area contributed by atoms with E-state index in [1.165, 1.54) is 6.07 Å². The molecule has 1 atom stereocenters. The van der Waals surface area contributed by atoms with Gasteiger partial charge in [0.25, 0.3) is 0 Å². The van der Waals surface area contributed by atoms with Gasteiger partial charge in [0.1, 0.15) is 6.04 Å². The van der Waals surface area contributed by atoms with Crippen LogP contribution in [0.4, 0.5) is 5.69 Å². The fraction of sp³-hybridized carbons (Fsp3) is 0.0667. The highest BCUT2D eigenvalue weighted by Crippen LogP contribution is 2.22. The van der Waals surface area contributed by atoms with Crippen LogP contribution in [0.3, 0.4) is 0 Å². The Kier molecular flexibility index (Phi) is 4.72. The lowest BCUT2D eigenvalue weighted by Crippen LogP contribution is -2.27. The molecule has 0 heterocycles. The van der Waals surface area contributed by atoms with Crippen LogP contribution < -0.4 is 11.1 Å². The van der Waals surface area contributed by atoms with Gasteiger partial charge in [-0.3, -0.25) is 4.79 Å². The molecular weight excluding hydrogens is 336 g/mol. The Morgan fingerprint density at radius 3 is 2.43 bits per heavy atom. The summed E-state index contributed by atoms with van der Waals surface area (Å²) in [6.07, 6.45) is 0. The molecule has 2 aromatic rings. The highest BCUT2D eigenvalue weighted by Gasteiger charge is 2.16. The Labute approximate surface area is 129 Å². The van der Waals surface area contributed by atoms with Gasteiger partial charge in [0, 0.05) is 10.2 Å². The molecule has 5 nitrogen and oxygen atoms in total. The van der Waals surface area contributed by atoms with E-state index < -0.39 is 17.9 Å². The smallest absolute Gasteiger partial charge is 0.336 e. The minimum Gasteiger partial charge on any atom is -0.478 e. The first kappa shape index (κ1) is 15.2. The molecule has 0 spiro atoms. The van der Waals surface area contributed by atoms with Crippen molar-refractivity contribution in [2.45, 2.75) is 6.04 Å². The summed E-state index contributed by atoms with van der Waals surface area (Å²) < 4.78 is 0.445. The number of halogens is 1. The van der Waals surface area contributed by atoms with Crippen LogP contribution >= 0.6 is 15.9 Å². The maximum Gasteiger partial charge on any atom is 0.336 e. The SMILES string of the molecule is NC(C(=O)Nc1ccc(Br)c(C(=O)O)c1)c1ccccc1. The van der Waals surface area contributed by atoms with Gasteiger partial charge in [0.2, 0.25) is 5.91 Å². The molecule has 0 aliphatic heterocycles. The molecule has 0 saturated carbocycles. The molecule has 1 amide bonds. The second-order valence-corrected chi connectivity index (χ2v) is 5.23. The number of aromatic carboxylic acids is 1. The van der Waals surface area contributed by atoms with Gasteiger partial charge in [-0.25, -0.2) is 4.79 Å². The molecule has 0 aromatic heterocycles. The van der Waals surface area contributed by atoms with Crippen molar-refractivity contribution in [3.63, 3.8) is 0 Å². The van der Waals surface area contributed by atoms with Crippen LogP contribution in [0.5, 0.6) is 0 Å². The Morgan fingerprint density at radius 1 is 1.14 bits per heavy atom. The van der Waals surface area contributed by atoms with Crippen molar-refractivity contribution in [1.29, 1.82) is 0 Å². The lowest BCUT2D eigenvalue weighted by Gasteiger charge is -2.13. The third-order valence-electron chi connectivity index (χ3n) is 2.91. The normalized spacial score (nSPS) is 11.7. The van der Waals surface area contributed by atoms with E-state index in [4.69, 9.17) is 10.8 Å². The van der Waals surface area contributed by atoms with Crippen molar-refractivity contribution in [2.75, 3.05) is 5.32 Å². The number of carbonyl (C=O) groups excluding carboxylic acids is 1. The van der Waals surface area contributed by atoms with Crippen LogP contribution in [0.15, 0.2) is 53.0 Å². The molecule has 0 bridgehead atoms. The maximum absolute atomic E-state index is 12.1. The highest BCUT2D eigenvalue weighted by atomic mass is 79.9. The summed E-state index contributed by atoms with van der Waals surface area (Å²) in [7, 11) is 0. The number of rotatable bonds is 4. The van der Waals surface area contributed by atoms with Crippen LogP contribution in [-0.2, 0) is 4.79 Å². The van der Waals surface area contributed by atoms with E-state index in [0.717, 1.165) is 0 Å². The maximum atomic E-state index is 12.1. The van der Waals surface area contributed by atoms with Crippen LogP contribution in [0.2, 0.25) is 0 Å². The summed E-state index contributed by atoms with van der Waals surface area (Å²) in [5, 5.41) is 11.7. The van der Waals surface area contributed by atoms with Gasteiger partial charge >= 0.3 is 5.97 Å². The number of amides is 1. The van der Waals surface area contributed by atoms with Gasteiger partial charge in [0.15, 0.2) is 0 Å². The molecule has 21 heavy (non-hydrogen) atoms. The molecule has 2 aromatic carbocycles. The number of hydrogen-bond donors (Lipinski definition) is 3. The fourth-order valence-corrected chi connectivity index (χ4v) is 2.21. The van der Waals surface area contributed by atoms with Crippen molar-refractivity contribution >= 4 is 33.5 Å². The Balaban J connectivity index is 2.16. The van der Waals surface area contributed by atoms with Crippen LogP contribution in [-0.4, -0.2) is 17.0 Å².